The van der Waals surface area contributed by atoms with Crippen molar-refractivity contribution >= 4 is 29.1 Å². The molecule has 7 nitrogen and oxygen atoms in total. The number of amides is 1. The Hall–Kier alpha value is -3.61. The van der Waals surface area contributed by atoms with E-state index in [1.165, 1.54) is 6.21 Å². The summed E-state index contributed by atoms with van der Waals surface area (Å²) in [6.45, 7) is -0.462. The van der Waals surface area contributed by atoms with Crippen LogP contribution in [0.2, 0.25) is 0 Å². The van der Waals surface area contributed by atoms with E-state index in [0.29, 0.717) is 16.9 Å². The van der Waals surface area contributed by atoms with E-state index in [2.05, 4.69) is 10.5 Å². The maximum Gasteiger partial charge on any atom is 0.341 e. The number of furan rings is 1. The molecule has 3 aromatic rings. The topological polar surface area (TPSA) is 101 Å². The number of carbonyl (C=O) groups is 2. The van der Waals surface area contributed by atoms with Gasteiger partial charge in [-0.05, 0) is 24.3 Å². The number of para-hydroxylation sites is 2. The minimum atomic E-state index is -1.08. The van der Waals surface area contributed by atoms with Gasteiger partial charge in [0.25, 0.3) is 0 Å². The molecule has 1 aromatic heterocycles. The molecular formula is C18H14N2O5. The standard InChI is InChI=1S/C18H14N2O5/c21-17(22)11-24-14-7-3-2-6-13(14)10-19-20-18(23)16-9-12-5-1-4-8-15(12)25-16/h1-10H,11H2,(H,20,23)(H,21,22)/b19-10+. The largest absolute Gasteiger partial charge is 0.481 e. The van der Waals surface area contributed by atoms with Gasteiger partial charge in [-0.3, -0.25) is 4.79 Å². The fourth-order valence-corrected chi connectivity index (χ4v) is 2.17. The molecule has 0 fully saturated rings. The summed E-state index contributed by atoms with van der Waals surface area (Å²) in [7, 11) is 0. The number of hydrazone groups is 1. The summed E-state index contributed by atoms with van der Waals surface area (Å²) in [4.78, 5) is 22.7. The molecule has 25 heavy (non-hydrogen) atoms. The van der Waals surface area contributed by atoms with Gasteiger partial charge in [-0.15, -0.1) is 0 Å². The predicted molar refractivity (Wildman–Crippen MR) is 90.8 cm³/mol. The Morgan fingerprint density at radius 2 is 1.92 bits per heavy atom. The van der Waals surface area contributed by atoms with Crippen LogP contribution in [0.1, 0.15) is 16.1 Å². The molecule has 0 aliphatic heterocycles. The van der Waals surface area contributed by atoms with E-state index in [4.69, 9.17) is 14.3 Å². The Kier molecular flexibility index (Phi) is 4.75. The maximum atomic E-state index is 12.1. The second-order valence-corrected chi connectivity index (χ2v) is 5.07. The van der Waals surface area contributed by atoms with Crippen LogP contribution >= 0.6 is 0 Å². The molecule has 0 bridgehead atoms. The van der Waals surface area contributed by atoms with E-state index in [1.54, 1.807) is 36.4 Å². The van der Waals surface area contributed by atoms with Gasteiger partial charge in [0.1, 0.15) is 11.3 Å². The summed E-state index contributed by atoms with van der Waals surface area (Å²) in [5, 5.41) is 13.4. The van der Waals surface area contributed by atoms with Gasteiger partial charge in [0.15, 0.2) is 12.4 Å². The molecular weight excluding hydrogens is 324 g/mol. The number of ether oxygens (including phenoxy) is 1. The molecule has 0 aliphatic carbocycles. The van der Waals surface area contributed by atoms with Crippen molar-refractivity contribution in [1.82, 2.24) is 5.43 Å². The lowest BCUT2D eigenvalue weighted by Gasteiger charge is -2.05. The molecule has 0 saturated carbocycles. The number of carboxylic acid groups (broad SMARTS) is 1. The van der Waals surface area contributed by atoms with E-state index >= 15 is 0 Å². The summed E-state index contributed by atoms with van der Waals surface area (Å²) in [6.07, 6.45) is 1.37. The summed E-state index contributed by atoms with van der Waals surface area (Å²) < 4.78 is 10.6. The van der Waals surface area contributed by atoms with Crippen molar-refractivity contribution in [2.24, 2.45) is 5.10 Å². The van der Waals surface area contributed by atoms with Crippen molar-refractivity contribution < 1.29 is 23.8 Å². The number of rotatable bonds is 6. The molecule has 126 valence electrons. The molecule has 0 spiro atoms. The first kappa shape index (κ1) is 16.3. The SMILES string of the molecule is O=C(O)COc1ccccc1/C=N/NC(=O)c1cc2ccccc2o1. The van der Waals surface area contributed by atoms with Crippen molar-refractivity contribution in [3.05, 3.63) is 65.9 Å². The third-order valence-electron chi connectivity index (χ3n) is 3.29. The van der Waals surface area contributed by atoms with Crippen LogP contribution in [-0.4, -0.2) is 29.8 Å². The molecule has 2 N–H and O–H groups in total. The highest BCUT2D eigenvalue weighted by Crippen LogP contribution is 2.19. The van der Waals surface area contributed by atoms with Crippen molar-refractivity contribution in [2.75, 3.05) is 6.61 Å². The highest BCUT2D eigenvalue weighted by atomic mass is 16.5. The average Bonchev–Trinajstić information content (AvgIpc) is 3.05. The molecule has 0 aliphatic rings. The monoisotopic (exact) mass is 338 g/mol. The molecule has 1 amide bonds. The van der Waals surface area contributed by atoms with Gasteiger partial charge in [0.2, 0.25) is 0 Å². The second kappa shape index (κ2) is 7.31. The number of fused-ring (bicyclic) bond motifs is 1. The van der Waals surface area contributed by atoms with Gasteiger partial charge >= 0.3 is 11.9 Å². The van der Waals surface area contributed by atoms with Crippen LogP contribution in [0.4, 0.5) is 0 Å². The fraction of sp³-hybridized carbons (Fsp3) is 0.0556. The Balaban J connectivity index is 1.68. The number of carboxylic acids is 1. The minimum absolute atomic E-state index is 0.147. The summed E-state index contributed by atoms with van der Waals surface area (Å²) in [6, 6.07) is 15.7. The van der Waals surface area contributed by atoms with Crippen molar-refractivity contribution in [3.63, 3.8) is 0 Å². The smallest absolute Gasteiger partial charge is 0.341 e. The zero-order valence-electron chi connectivity index (χ0n) is 13.0. The van der Waals surface area contributed by atoms with Crippen LogP contribution in [0.15, 0.2) is 64.1 Å². The number of nitrogens with one attached hydrogen (secondary N) is 1. The molecule has 2 aromatic carbocycles. The predicted octanol–water partition coefficient (Wildman–Crippen LogP) is 2.66. The first-order valence-electron chi connectivity index (χ1n) is 7.39. The van der Waals surface area contributed by atoms with Gasteiger partial charge in [-0.25, -0.2) is 10.2 Å². The summed E-state index contributed by atoms with van der Waals surface area (Å²) in [5.74, 6) is -1.07. The van der Waals surface area contributed by atoms with Crippen LogP contribution in [0.5, 0.6) is 5.75 Å². The number of aliphatic carboxylic acids is 1. The van der Waals surface area contributed by atoms with Crippen LogP contribution in [-0.2, 0) is 4.79 Å². The van der Waals surface area contributed by atoms with Crippen LogP contribution in [0.25, 0.3) is 11.0 Å². The van der Waals surface area contributed by atoms with Crippen LogP contribution in [0, 0.1) is 0 Å². The fourth-order valence-electron chi connectivity index (χ4n) is 2.17. The van der Waals surface area contributed by atoms with E-state index in [9.17, 15) is 9.59 Å². The molecule has 0 atom stereocenters. The molecule has 7 heteroatoms. The lowest BCUT2D eigenvalue weighted by molar-refractivity contribution is -0.139. The van der Waals surface area contributed by atoms with Crippen LogP contribution in [0.3, 0.4) is 0 Å². The Labute approximate surface area is 142 Å². The van der Waals surface area contributed by atoms with Gasteiger partial charge in [0.05, 0.1) is 6.21 Å². The van der Waals surface area contributed by atoms with Gasteiger partial charge in [-0.1, -0.05) is 30.3 Å². The van der Waals surface area contributed by atoms with E-state index in [1.807, 2.05) is 18.2 Å². The Bertz CT molecular complexity index is 912. The molecule has 3 rings (SSSR count). The number of benzene rings is 2. The van der Waals surface area contributed by atoms with E-state index < -0.39 is 18.5 Å². The number of nitrogens with zero attached hydrogens (tertiary/aromatic N) is 1. The zero-order valence-corrected chi connectivity index (χ0v) is 13.0. The average molecular weight is 338 g/mol. The highest BCUT2D eigenvalue weighted by molar-refractivity contribution is 5.96. The molecule has 0 unspecified atom stereocenters. The first-order chi connectivity index (χ1) is 12.1. The third-order valence-corrected chi connectivity index (χ3v) is 3.29. The Morgan fingerprint density at radius 3 is 2.72 bits per heavy atom. The van der Waals surface area contributed by atoms with Crippen LogP contribution < -0.4 is 10.2 Å². The van der Waals surface area contributed by atoms with E-state index in [-0.39, 0.29) is 5.76 Å². The van der Waals surface area contributed by atoms with Crippen molar-refractivity contribution in [3.8, 4) is 5.75 Å². The normalized spacial score (nSPS) is 10.9. The number of carbonyl (C=O) groups excluding carboxylic acids is 1. The van der Waals surface area contributed by atoms with Gasteiger partial charge < -0.3 is 14.3 Å². The quantitative estimate of drug-likeness (QED) is 0.531. The lowest BCUT2D eigenvalue weighted by Crippen LogP contribution is -2.17. The summed E-state index contributed by atoms with van der Waals surface area (Å²) >= 11 is 0. The lowest BCUT2D eigenvalue weighted by atomic mass is 10.2. The van der Waals surface area contributed by atoms with Crippen molar-refractivity contribution in [2.45, 2.75) is 0 Å². The molecule has 0 radical (unpaired) electrons. The van der Waals surface area contributed by atoms with Crippen molar-refractivity contribution in [1.29, 1.82) is 0 Å². The number of hydrogen-bond acceptors (Lipinski definition) is 5. The van der Waals surface area contributed by atoms with E-state index in [0.717, 1.165) is 5.39 Å². The van der Waals surface area contributed by atoms with Gasteiger partial charge in [-0.2, -0.15) is 5.10 Å². The molecule has 1 heterocycles. The first-order valence-corrected chi connectivity index (χ1v) is 7.39. The highest BCUT2D eigenvalue weighted by Gasteiger charge is 2.11. The molecule has 0 saturated heterocycles. The third kappa shape index (κ3) is 4.03. The summed E-state index contributed by atoms with van der Waals surface area (Å²) in [5.41, 5.74) is 3.52. The number of hydrogen-bond donors (Lipinski definition) is 2. The Morgan fingerprint density at radius 1 is 1.16 bits per heavy atom. The zero-order chi connectivity index (χ0) is 17.6. The minimum Gasteiger partial charge on any atom is -0.481 e. The maximum absolute atomic E-state index is 12.1. The van der Waals surface area contributed by atoms with Gasteiger partial charge in [0, 0.05) is 10.9 Å². The second-order valence-electron chi connectivity index (χ2n) is 5.07.